The molecule has 2 aromatic rings. The molecule has 7 heteroatoms. The number of aliphatic imine (C=N–C) groups is 1. The molecule has 0 atom stereocenters. The number of methoxy groups -OCH3 is 1. The fraction of sp³-hybridized carbons (Fsp3) is 0.545. The molecule has 1 aliphatic rings. The van der Waals surface area contributed by atoms with Gasteiger partial charge in [0.25, 0.3) is 0 Å². The lowest BCUT2D eigenvalue weighted by Crippen LogP contribution is -2.42. The Labute approximate surface area is 178 Å². The fourth-order valence-electron chi connectivity index (χ4n) is 3.65. The van der Waals surface area contributed by atoms with Crippen molar-refractivity contribution in [2.75, 3.05) is 33.8 Å². The van der Waals surface area contributed by atoms with Gasteiger partial charge in [-0.05, 0) is 44.3 Å². The third-order valence-corrected chi connectivity index (χ3v) is 6.46. The number of benzene rings is 1. The van der Waals surface area contributed by atoms with Crippen molar-refractivity contribution in [2.45, 2.75) is 39.3 Å². The quantitative estimate of drug-likeness (QED) is 0.512. The number of nitrogens with one attached hydrogen (secondary N) is 2. The Morgan fingerprint density at radius 1 is 1.28 bits per heavy atom. The van der Waals surface area contributed by atoms with Crippen LogP contribution in [0, 0.1) is 5.92 Å². The lowest BCUT2D eigenvalue weighted by molar-refractivity contribution is 0.176. The first-order chi connectivity index (χ1) is 14.2. The maximum absolute atomic E-state index is 5.42. The van der Waals surface area contributed by atoms with Crippen LogP contribution in [-0.4, -0.2) is 49.6 Å². The number of thiazole rings is 1. The van der Waals surface area contributed by atoms with Crippen molar-refractivity contribution in [3.8, 4) is 5.75 Å². The second-order valence-corrected chi connectivity index (χ2v) is 8.37. The van der Waals surface area contributed by atoms with E-state index in [2.05, 4.69) is 38.9 Å². The molecule has 2 heterocycles. The highest BCUT2D eigenvalue weighted by Gasteiger charge is 2.20. The van der Waals surface area contributed by atoms with Gasteiger partial charge in [-0.3, -0.25) is 9.89 Å². The van der Waals surface area contributed by atoms with Crippen LogP contribution in [-0.2, 0) is 19.5 Å². The summed E-state index contributed by atoms with van der Waals surface area (Å²) in [5.74, 6) is 2.42. The summed E-state index contributed by atoms with van der Waals surface area (Å²) >= 11 is 1.78. The number of aromatic nitrogens is 1. The van der Waals surface area contributed by atoms with E-state index in [0.29, 0.717) is 12.5 Å². The lowest BCUT2D eigenvalue weighted by atomic mass is 9.97. The summed E-state index contributed by atoms with van der Waals surface area (Å²) in [6, 6.07) is 8.06. The van der Waals surface area contributed by atoms with Gasteiger partial charge in [0.05, 0.1) is 17.8 Å². The number of likely N-dealkylation sites (tertiary alicyclic amines) is 1. The van der Waals surface area contributed by atoms with Crippen LogP contribution in [0.3, 0.4) is 0 Å². The predicted molar refractivity (Wildman–Crippen MR) is 121 cm³/mol. The average molecular weight is 416 g/mol. The van der Waals surface area contributed by atoms with Crippen LogP contribution in [0.25, 0.3) is 0 Å². The molecule has 0 unspecified atom stereocenters. The van der Waals surface area contributed by atoms with Crippen LogP contribution in [0.1, 0.15) is 36.0 Å². The lowest BCUT2D eigenvalue weighted by Gasteiger charge is -2.31. The maximum Gasteiger partial charge on any atom is 0.191 e. The first-order valence-electron chi connectivity index (χ1n) is 10.4. The zero-order chi connectivity index (χ0) is 20.5. The highest BCUT2D eigenvalue weighted by atomic mass is 32.1. The van der Waals surface area contributed by atoms with Gasteiger partial charge < -0.3 is 15.4 Å². The average Bonchev–Trinajstić information content (AvgIpc) is 3.22. The van der Waals surface area contributed by atoms with Crippen LogP contribution < -0.4 is 15.4 Å². The number of rotatable bonds is 8. The number of hydrogen-bond acceptors (Lipinski definition) is 5. The fourth-order valence-corrected chi connectivity index (χ4v) is 4.39. The van der Waals surface area contributed by atoms with E-state index in [1.807, 2.05) is 25.2 Å². The number of piperidine rings is 1. The van der Waals surface area contributed by atoms with E-state index in [-0.39, 0.29) is 0 Å². The van der Waals surface area contributed by atoms with E-state index in [4.69, 9.17) is 9.72 Å². The number of aryl methyl sites for hydroxylation is 1. The number of hydrogen-bond donors (Lipinski definition) is 2. The van der Waals surface area contributed by atoms with Crippen molar-refractivity contribution in [1.82, 2.24) is 20.5 Å². The molecule has 0 saturated carbocycles. The minimum atomic E-state index is 0.678. The highest BCUT2D eigenvalue weighted by molar-refractivity contribution is 7.09. The van der Waals surface area contributed by atoms with Gasteiger partial charge >= 0.3 is 0 Å². The summed E-state index contributed by atoms with van der Waals surface area (Å²) in [6.45, 7) is 7.07. The Morgan fingerprint density at radius 2 is 2.07 bits per heavy atom. The summed E-state index contributed by atoms with van der Waals surface area (Å²) in [5, 5.41) is 10.3. The minimum Gasteiger partial charge on any atom is -0.496 e. The van der Waals surface area contributed by atoms with Gasteiger partial charge in [0.1, 0.15) is 5.75 Å². The maximum atomic E-state index is 5.42. The summed E-state index contributed by atoms with van der Waals surface area (Å²) in [5.41, 5.74) is 2.35. The van der Waals surface area contributed by atoms with Crippen LogP contribution >= 0.6 is 11.3 Å². The molecule has 6 nitrogen and oxygen atoms in total. The number of guanidine groups is 1. The Kier molecular flexibility index (Phi) is 8.31. The summed E-state index contributed by atoms with van der Waals surface area (Å²) in [4.78, 5) is 11.6. The van der Waals surface area contributed by atoms with E-state index in [9.17, 15) is 0 Å². The van der Waals surface area contributed by atoms with Gasteiger partial charge in [-0.25, -0.2) is 4.98 Å². The molecule has 1 aromatic heterocycles. The molecule has 0 bridgehead atoms. The van der Waals surface area contributed by atoms with E-state index >= 15 is 0 Å². The molecule has 1 fully saturated rings. The van der Waals surface area contributed by atoms with E-state index in [1.54, 1.807) is 18.4 Å². The van der Waals surface area contributed by atoms with Crippen molar-refractivity contribution in [3.63, 3.8) is 0 Å². The van der Waals surface area contributed by atoms with Crippen LogP contribution in [0.15, 0.2) is 34.6 Å². The van der Waals surface area contributed by atoms with Crippen molar-refractivity contribution in [1.29, 1.82) is 0 Å². The molecule has 1 aliphatic heterocycles. The highest BCUT2D eigenvalue weighted by Crippen LogP contribution is 2.20. The third kappa shape index (κ3) is 6.44. The van der Waals surface area contributed by atoms with E-state index in [0.717, 1.165) is 49.9 Å². The smallest absolute Gasteiger partial charge is 0.191 e. The predicted octanol–water partition coefficient (Wildman–Crippen LogP) is 3.29. The number of para-hydroxylation sites is 1. The molecule has 0 spiro atoms. The molecule has 1 saturated heterocycles. The molecular weight excluding hydrogens is 382 g/mol. The van der Waals surface area contributed by atoms with Crippen molar-refractivity contribution >= 4 is 17.3 Å². The van der Waals surface area contributed by atoms with Crippen molar-refractivity contribution in [3.05, 3.63) is 45.9 Å². The van der Waals surface area contributed by atoms with E-state index < -0.39 is 0 Å². The monoisotopic (exact) mass is 415 g/mol. The summed E-state index contributed by atoms with van der Waals surface area (Å²) in [7, 11) is 3.52. The van der Waals surface area contributed by atoms with Gasteiger partial charge in [-0.1, -0.05) is 25.1 Å². The largest absolute Gasteiger partial charge is 0.496 e. The SMILES string of the molecule is CCc1nc(CN2CCC(CNC(=NC)NCc3ccccc3OC)CC2)cs1. The van der Waals surface area contributed by atoms with Gasteiger partial charge in [0.2, 0.25) is 0 Å². The van der Waals surface area contributed by atoms with Crippen LogP contribution in [0.4, 0.5) is 0 Å². The van der Waals surface area contributed by atoms with Gasteiger partial charge in [0, 0.05) is 37.6 Å². The molecule has 0 amide bonds. The molecule has 29 heavy (non-hydrogen) atoms. The van der Waals surface area contributed by atoms with Crippen molar-refractivity contribution < 1.29 is 4.74 Å². The molecule has 3 rings (SSSR count). The van der Waals surface area contributed by atoms with Crippen LogP contribution in [0.2, 0.25) is 0 Å². The molecule has 0 aliphatic carbocycles. The van der Waals surface area contributed by atoms with Gasteiger partial charge in [-0.2, -0.15) is 0 Å². The van der Waals surface area contributed by atoms with Gasteiger partial charge in [0.15, 0.2) is 5.96 Å². The van der Waals surface area contributed by atoms with Gasteiger partial charge in [-0.15, -0.1) is 11.3 Å². The molecular formula is C22H33N5OS. The molecule has 1 aromatic carbocycles. The first-order valence-corrected chi connectivity index (χ1v) is 11.3. The zero-order valence-electron chi connectivity index (χ0n) is 17.8. The topological polar surface area (TPSA) is 61.8 Å². The Morgan fingerprint density at radius 3 is 2.76 bits per heavy atom. The number of ether oxygens (including phenoxy) is 1. The summed E-state index contributed by atoms with van der Waals surface area (Å²) in [6.07, 6.45) is 3.45. The van der Waals surface area contributed by atoms with Crippen LogP contribution in [0.5, 0.6) is 5.75 Å². The Hall–Kier alpha value is -2.12. The van der Waals surface area contributed by atoms with Crippen molar-refractivity contribution in [2.24, 2.45) is 10.9 Å². The Bertz CT molecular complexity index is 783. The second-order valence-electron chi connectivity index (χ2n) is 7.42. The molecule has 0 radical (unpaired) electrons. The second kappa shape index (κ2) is 11.2. The minimum absolute atomic E-state index is 0.678. The molecule has 2 N–H and O–H groups in total. The third-order valence-electron chi connectivity index (χ3n) is 5.42. The van der Waals surface area contributed by atoms with E-state index in [1.165, 1.54) is 23.5 Å². The zero-order valence-corrected chi connectivity index (χ0v) is 18.6. The Balaban J connectivity index is 1.38. The first kappa shape index (κ1) is 21.6. The standard InChI is InChI=1S/C22H33N5OS/c1-4-21-26-19(16-29-21)15-27-11-9-17(10-12-27)13-24-22(23-2)25-14-18-7-5-6-8-20(18)28-3/h5-8,16-17H,4,9-15H2,1-3H3,(H2,23,24,25). The number of nitrogens with zero attached hydrogens (tertiary/aromatic N) is 3. The molecule has 158 valence electrons. The normalized spacial score (nSPS) is 16.0. The summed E-state index contributed by atoms with van der Waals surface area (Å²) < 4.78 is 5.42.